The molecule has 0 bridgehead atoms. The van der Waals surface area contributed by atoms with Gasteiger partial charge in [0.2, 0.25) is 15.9 Å². The topological polar surface area (TPSA) is 84.3 Å². The number of nitrogens with zero attached hydrogens (tertiary/aromatic N) is 3. The van der Waals surface area contributed by atoms with Gasteiger partial charge in [0.05, 0.1) is 17.6 Å². The van der Waals surface area contributed by atoms with Crippen LogP contribution in [0.1, 0.15) is 22.5 Å². The molecule has 1 N–H and O–H groups in total. The quantitative estimate of drug-likeness (QED) is 0.630. The molecule has 30 heavy (non-hydrogen) atoms. The molecular formula is C22H26N4O3S. The summed E-state index contributed by atoms with van der Waals surface area (Å²) in [6, 6.07) is 13.2. The lowest BCUT2D eigenvalue weighted by Gasteiger charge is -2.25. The van der Waals surface area contributed by atoms with Gasteiger partial charge in [-0.1, -0.05) is 36.4 Å². The van der Waals surface area contributed by atoms with Crippen LogP contribution < -0.4 is 9.62 Å². The second-order valence-corrected chi connectivity index (χ2v) is 9.17. The number of aromatic nitrogens is 2. The summed E-state index contributed by atoms with van der Waals surface area (Å²) < 4.78 is 28.0. The largest absolute Gasteiger partial charge is 0.350 e. The first kappa shape index (κ1) is 21.6. The van der Waals surface area contributed by atoms with Gasteiger partial charge in [0.15, 0.2) is 0 Å². The van der Waals surface area contributed by atoms with E-state index in [1.807, 2.05) is 74.0 Å². The van der Waals surface area contributed by atoms with Crippen LogP contribution >= 0.6 is 0 Å². The van der Waals surface area contributed by atoms with E-state index in [1.165, 1.54) is 4.31 Å². The predicted molar refractivity (Wildman–Crippen MR) is 118 cm³/mol. The Morgan fingerprint density at radius 3 is 2.33 bits per heavy atom. The van der Waals surface area contributed by atoms with Crippen LogP contribution in [0, 0.1) is 20.8 Å². The van der Waals surface area contributed by atoms with E-state index in [-0.39, 0.29) is 19.0 Å². The standard InChI is InChI=1S/C22H26N4O3S/c1-16-8-7-9-17(2)22(16)26(30(4,28)29)15-21(27)24-14-19-10-5-6-11-20(19)25-13-12-23-18(25)3/h5-13H,14-15H2,1-4H3,(H,24,27). The highest BCUT2D eigenvalue weighted by atomic mass is 32.2. The van der Waals surface area contributed by atoms with E-state index < -0.39 is 10.0 Å². The molecule has 0 atom stereocenters. The Morgan fingerprint density at radius 1 is 1.07 bits per heavy atom. The Hall–Kier alpha value is -3.13. The van der Waals surface area contributed by atoms with E-state index in [9.17, 15) is 13.2 Å². The highest BCUT2D eigenvalue weighted by molar-refractivity contribution is 7.92. The zero-order valence-corrected chi connectivity index (χ0v) is 18.4. The molecule has 0 aliphatic rings. The molecule has 2 aromatic carbocycles. The van der Waals surface area contributed by atoms with Crippen molar-refractivity contribution in [2.45, 2.75) is 27.3 Å². The number of hydrogen-bond acceptors (Lipinski definition) is 4. The predicted octanol–water partition coefficient (Wildman–Crippen LogP) is 2.88. The van der Waals surface area contributed by atoms with Crippen LogP contribution in [0.2, 0.25) is 0 Å². The summed E-state index contributed by atoms with van der Waals surface area (Å²) in [5.41, 5.74) is 3.97. The molecule has 3 aromatic rings. The number of para-hydroxylation sites is 2. The summed E-state index contributed by atoms with van der Waals surface area (Å²) in [4.78, 5) is 16.9. The average Bonchev–Trinajstić information content (AvgIpc) is 3.10. The third-order valence-electron chi connectivity index (χ3n) is 4.93. The number of rotatable bonds is 7. The maximum atomic E-state index is 12.7. The van der Waals surface area contributed by atoms with Crippen LogP contribution in [0.25, 0.3) is 5.69 Å². The maximum absolute atomic E-state index is 12.7. The molecule has 1 heterocycles. The van der Waals surface area contributed by atoms with Gasteiger partial charge in [-0.15, -0.1) is 0 Å². The van der Waals surface area contributed by atoms with E-state index in [0.29, 0.717) is 5.69 Å². The number of aryl methyl sites for hydroxylation is 3. The average molecular weight is 427 g/mol. The van der Waals surface area contributed by atoms with Crippen molar-refractivity contribution in [2.24, 2.45) is 0 Å². The van der Waals surface area contributed by atoms with Gasteiger partial charge in [-0.05, 0) is 43.5 Å². The van der Waals surface area contributed by atoms with Crippen LogP contribution in [-0.4, -0.2) is 36.7 Å². The van der Waals surface area contributed by atoms with Crippen LogP contribution in [0.15, 0.2) is 54.9 Å². The smallest absolute Gasteiger partial charge is 0.241 e. The summed E-state index contributed by atoms with van der Waals surface area (Å²) in [5, 5.41) is 2.85. The van der Waals surface area contributed by atoms with Gasteiger partial charge in [-0.2, -0.15) is 0 Å². The highest BCUT2D eigenvalue weighted by Crippen LogP contribution is 2.26. The first-order chi connectivity index (χ1) is 14.2. The molecule has 3 rings (SSSR count). The van der Waals surface area contributed by atoms with Gasteiger partial charge in [0.25, 0.3) is 0 Å². The molecule has 7 nitrogen and oxygen atoms in total. The number of benzene rings is 2. The summed E-state index contributed by atoms with van der Waals surface area (Å²) in [6.07, 6.45) is 4.70. The fraction of sp³-hybridized carbons (Fsp3) is 0.273. The third kappa shape index (κ3) is 4.71. The minimum atomic E-state index is -3.63. The lowest BCUT2D eigenvalue weighted by Crippen LogP contribution is -2.40. The van der Waals surface area contributed by atoms with Crippen molar-refractivity contribution in [1.82, 2.24) is 14.9 Å². The number of carbonyl (C=O) groups is 1. The monoisotopic (exact) mass is 426 g/mol. The van der Waals surface area contributed by atoms with E-state index in [2.05, 4.69) is 10.3 Å². The number of sulfonamides is 1. The van der Waals surface area contributed by atoms with Gasteiger partial charge in [0, 0.05) is 18.9 Å². The summed E-state index contributed by atoms with van der Waals surface area (Å²) in [7, 11) is -3.63. The minimum Gasteiger partial charge on any atom is -0.350 e. The van der Waals surface area contributed by atoms with E-state index in [4.69, 9.17) is 0 Å². The number of amides is 1. The Kier molecular flexibility index (Phi) is 6.26. The van der Waals surface area contributed by atoms with Crippen LogP contribution in [0.5, 0.6) is 0 Å². The molecule has 8 heteroatoms. The summed E-state index contributed by atoms with van der Waals surface area (Å²) in [5.74, 6) is 0.465. The van der Waals surface area contributed by atoms with Crippen molar-refractivity contribution < 1.29 is 13.2 Å². The van der Waals surface area contributed by atoms with E-state index in [1.54, 1.807) is 6.20 Å². The Morgan fingerprint density at radius 2 is 1.73 bits per heavy atom. The second kappa shape index (κ2) is 8.71. The number of hydrogen-bond donors (Lipinski definition) is 1. The molecule has 0 saturated carbocycles. The third-order valence-corrected chi connectivity index (χ3v) is 6.04. The molecule has 158 valence electrons. The molecule has 0 saturated heterocycles. The van der Waals surface area contributed by atoms with Crippen molar-refractivity contribution in [3.05, 3.63) is 77.4 Å². The molecule has 0 aliphatic carbocycles. The van der Waals surface area contributed by atoms with Gasteiger partial charge >= 0.3 is 0 Å². The van der Waals surface area contributed by atoms with Gasteiger partial charge in [-0.3, -0.25) is 9.10 Å². The Balaban J connectivity index is 1.79. The molecule has 1 aromatic heterocycles. The normalized spacial score (nSPS) is 11.3. The maximum Gasteiger partial charge on any atom is 0.241 e. The Labute approximate surface area is 177 Å². The molecule has 0 spiro atoms. The lowest BCUT2D eigenvalue weighted by atomic mass is 10.1. The van der Waals surface area contributed by atoms with Crippen LogP contribution in [0.4, 0.5) is 5.69 Å². The van der Waals surface area contributed by atoms with E-state index >= 15 is 0 Å². The van der Waals surface area contributed by atoms with Gasteiger partial charge in [0.1, 0.15) is 12.4 Å². The molecule has 1 amide bonds. The first-order valence-electron chi connectivity index (χ1n) is 9.57. The number of imidazole rings is 1. The minimum absolute atomic E-state index is 0.275. The van der Waals surface area contributed by atoms with Crippen LogP contribution in [-0.2, 0) is 21.4 Å². The Bertz CT molecular complexity index is 1150. The number of nitrogens with one attached hydrogen (secondary N) is 1. The van der Waals surface area contributed by atoms with Crippen molar-refractivity contribution in [2.75, 3.05) is 17.1 Å². The summed E-state index contributed by atoms with van der Waals surface area (Å²) in [6.45, 7) is 5.57. The lowest BCUT2D eigenvalue weighted by molar-refractivity contribution is -0.119. The highest BCUT2D eigenvalue weighted by Gasteiger charge is 2.23. The zero-order valence-electron chi connectivity index (χ0n) is 17.6. The fourth-order valence-electron chi connectivity index (χ4n) is 3.47. The fourth-order valence-corrected chi connectivity index (χ4v) is 4.44. The van der Waals surface area contributed by atoms with Gasteiger partial charge < -0.3 is 9.88 Å². The van der Waals surface area contributed by atoms with Crippen molar-refractivity contribution in [1.29, 1.82) is 0 Å². The summed E-state index contributed by atoms with van der Waals surface area (Å²) >= 11 is 0. The number of carbonyl (C=O) groups excluding carboxylic acids is 1. The number of anilines is 1. The molecule has 0 unspecified atom stereocenters. The van der Waals surface area contributed by atoms with E-state index in [0.717, 1.165) is 34.5 Å². The van der Waals surface area contributed by atoms with Crippen molar-refractivity contribution in [3.63, 3.8) is 0 Å². The van der Waals surface area contributed by atoms with Crippen molar-refractivity contribution >= 4 is 21.6 Å². The van der Waals surface area contributed by atoms with Crippen LogP contribution in [0.3, 0.4) is 0 Å². The zero-order chi connectivity index (χ0) is 21.9. The SMILES string of the molecule is Cc1cccc(C)c1N(CC(=O)NCc1ccccc1-n1ccnc1C)S(C)(=O)=O. The van der Waals surface area contributed by atoms with Gasteiger partial charge in [-0.25, -0.2) is 13.4 Å². The molecular weight excluding hydrogens is 400 g/mol. The second-order valence-electron chi connectivity index (χ2n) is 7.26. The molecule has 0 radical (unpaired) electrons. The first-order valence-corrected chi connectivity index (χ1v) is 11.4. The molecule has 0 fully saturated rings. The molecule has 0 aliphatic heterocycles. The van der Waals surface area contributed by atoms with Crippen molar-refractivity contribution in [3.8, 4) is 5.69 Å².